The Morgan fingerprint density at radius 2 is 2.07 bits per heavy atom. The summed E-state index contributed by atoms with van der Waals surface area (Å²) in [5.41, 5.74) is 2.25. The Labute approximate surface area is 174 Å². The SMILES string of the molecule is C=C(OCC)c1nc(-c2cccc(C(NC(=O)O)C(C)(C)C)c2)c2ccsc2n1. The summed E-state index contributed by atoms with van der Waals surface area (Å²) >= 11 is 1.53. The maximum atomic E-state index is 11.4. The highest BCUT2D eigenvalue weighted by atomic mass is 32.1. The number of nitrogens with one attached hydrogen (secondary N) is 1. The van der Waals surface area contributed by atoms with Gasteiger partial charge in [-0.15, -0.1) is 11.3 Å². The van der Waals surface area contributed by atoms with Crippen molar-refractivity contribution in [1.29, 1.82) is 0 Å². The summed E-state index contributed by atoms with van der Waals surface area (Å²) in [7, 11) is 0. The molecule has 2 aromatic heterocycles. The molecule has 1 amide bonds. The van der Waals surface area contributed by atoms with Gasteiger partial charge in [0.1, 0.15) is 4.83 Å². The predicted molar refractivity (Wildman–Crippen MR) is 117 cm³/mol. The molecule has 0 bridgehead atoms. The number of nitrogens with zero attached hydrogens (tertiary/aromatic N) is 2. The van der Waals surface area contributed by atoms with Crippen molar-refractivity contribution >= 4 is 33.4 Å². The van der Waals surface area contributed by atoms with E-state index >= 15 is 0 Å². The molecule has 0 saturated heterocycles. The van der Waals surface area contributed by atoms with E-state index in [1.165, 1.54) is 11.3 Å². The van der Waals surface area contributed by atoms with Crippen molar-refractivity contribution in [3.05, 3.63) is 53.7 Å². The number of thiophene rings is 1. The lowest BCUT2D eigenvalue weighted by atomic mass is 9.82. The monoisotopic (exact) mass is 411 g/mol. The standard InChI is InChI=1S/C22H25N3O3S/c1-6-28-13(2)19-23-17(16-10-11-29-20(16)25-19)14-8-7-9-15(12-14)18(22(3,4)5)24-21(26)27/h7-12,18,24H,2,6H2,1,3-5H3,(H,26,27). The lowest BCUT2D eigenvalue weighted by Crippen LogP contribution is -2.35. The fraction of sp³-hybridized carbons (Fsp3) is 0.318. The summed E-state index contributed by atoms with van der Waals surface area (Å²) in [6.07, 6.45) is -1.05. The van der Waals surface area contributed by atoms with E-state index < -0.39 is 6.09 Å². The summed E-state index contributed by atoms with van der Waals surface area (Å²) in [4.78, 5) is 21.5. The first-order chi connectivity index (χ1) is 13.7. The minimum absolute atomic E-state index is 0.297. The molecule has 152 valence electrons. The molecule has 1 aromatic carbocycles. The molecule has 0 fully saturated rings. The molecule has 7 heteroatoms. The largest absolute Gasteiger partial charge is 0.491 e. The molecule has 2 N–H and O–H groups in total. The van der Waals surface area contributed by atoms with Crippen LogP contribution in [0.1, 0.15) is 45.1 Å². The number of amides is 1. The third-order valence-electron chi connectivity index (χ3n) is 4.52. The predicted octanol–water partition coefficient (Wildman–Crippen LogP) is 5.72. The molecule has 0 spiro atoms. The Kier molecular flexibility index (Phi) is 5.88. The summed E-state index contributed by atoms with van der Waals surface area (Å²) in [6, 6.07) is 9.44. The van der Waals surface area contributed by atoms with E-state index in [9.17, 15) is 9.90 Å². The fourth-order valence-electron chi connectivity index (χ4n) is 3.23. The normalized spacial score (nSPS) is 12.6. The molecular weight excluding hydrogens is 386 g/mol. The molecule has 29 heavy (non-hydrogen) atoms. The molecule has 0 aliphatic rings. The lowest BCUT2D eigenvalue weighted by Gasteiger charge is -2.31. The highest BCUT2D eigenvalue weighted by Gasteiger charge is 2.28. The zero-order valence-electron chi connectivity index (χ0n) is 17.0. The number of aromatic nitrogens is 2. The second-order valence-corrected chi connectivity index (χ2v) is 8.66. The van der Waals surface area contributed by atoms with Gasteiger partial charge in [0.25, 0.3) is 0 Å². The molecule has 0 aliphatic heterocycles. The van der Waals surface area contributed by atoms with Crippen molar-refractivity contribution in [2.24, 2.45) is 5.41 Å². The van der Waals surface area contributed by atoms with Gasteiger partial charge < -0.3 is 15.2 Å². The maximum Gasteiger partial charge on any atom is 0.405 e. The number of hydrogen-bond acceptors (Lipinski definition) is 5. The van der Waals surface area contributed by atoms with E-state index in [4.69, 9.17) is 9.72 Å². The fourth-order valence-corrected chi connectivity index (χ4v) is 3.99. The Bertz CT molecular complexity index is 1050. The van der Waals surface area contributed by atoms with Gasteiger partial charge in [0.2, 0.25) is 0 Å². The molecule has 0 aliphatic carbocycles. The second-order valence-electron chi connectivity index (χ2n) is 7.77. The summed E-state index contributed by atoms with van der Waals surface area (Å²) < 4.78 is 5.50. The Balaban J connectivity index is 2.13. The summed E-state index contributed by atoms with van der Waals surface area (Å²) in [5.74, 6) is 0.888. The van der Waals surface area contributed by atoms with Gasteiger partial charge in [0, 0.05) is 10.9 Å². The van der Waals surface area contributed by atoms with Crippen LogP contribution in [0.5, 0.6) is 0 Å². The van der Waals surface area contributed by atoms with E-state index in [-0.39, 0.29) is 11.5 Å². The van der Waals surface area contributed by atoms with Gasteiger partial charge >= 0.3 is 6.09 Å². The van der Waals surface area contributed by atoms with Gasteiger partial charge in [-0.1, -0.05) is 45.5 Å². The number of benzene rings is 1. The number of carbonyl (C=O) groups is 1. The van der Waals surface area contributed by atoms with Gasteiger partial charge in [0.15, 0.2) is 11.6 Å². The van der Waals surface area contributed by atoms with Gasteiger partial charge in [0.05, 0.1) is 18.3 Å². The van der Waals surface area contributed by atoms with Crippen LogP contribution in [-0.2, 0) is 4.74 Å². The number of carboxylic acid groups (broad SMARTS) is 1. The van der Waals surface area contributed by atoms with Gasteiger partial charge in [-0.3, -0.25) is 0 Å². The number of hydrogen-bond donors (Lipinski definition) is 2. The number of ether oxygens (including phenoxy) is 1. The smallest absolute Gasteiger partial charge is 0.405 e. The molecule has 0 saturated carbocycles. The highest BCUT2D eigenvalue weighted by Crippen LogP contribution is 2.36. The van der Waals surface area contributed by atoms with Gasteiger partial charge in [-0.2, -0.15) is 0 Å². The van der Waals surface area contributed by atoms with E-state index in [0.717, 1.165) is 27.0 Å². The van der Waals surface area contributed by atoms with Crippen molar-refractivity contribution in [3.8, 4) is 11.3 Å². The van der Waals surface area contributed by atoms with E-state index in [2.05, 4.69) is 16.9 Å². The maximum absolute atomic E-state index is 11.4. The van der Waals surface area contributed by atoms with Crippen LogP contribution >= 0.6 is 11.3 Å². The van der Waals surface area contributed by atoms with Crippen LogP contribution in [0, 0.1) is 5.41 Å². The Hall–Kier alpha value is -2.93. The molecular formula is C22H25N3O3S. The van der Waals surface area contributed by atoms with Crippen molar-refractivity contribution in [2.45, 2.75) is 33.7 Å². The van der Waals surface area contributed by atoms with Crippen molar-refractivity contribution in [2.75, 3.05) is 6.61 Å². The molecule has 6 nitrogen and oxygen atoms in total. The Morgan fingerprint density at radius 3 is 2.72 bits per heavy atom. The summed E-state index contributed by atoms with van der Waals surface area (Å²) in [5, 5.41) is 14.9. The topological polar surface area (TPSA) is 84.3 Å². The van der Waals surface area contributed by atoms with Crippen LogP contribution < -0.4 is 5.32 Å². The quantitative estimate of drug-likeness (QED) is 0.507. The van der Waals surface area contributed by atoms with Crippen LogP contribution in [0.4, 0.5) is 4.79 Å². The number of rotatable bonds is 6. The Morgan fingerprint density at radius 1 is 1.31 bits per heavy atom. The van der Waals surface area contributed by atoms with E-state index in [1.807, 2.05) is 63.4 Å². The van der Waals surface area contributed by atoms with Gasteiger partial charge in [-0.25, -0.2) is 14.8 Å². The molecule has 3 aromatic rings. The first-order valence-electron chi connectivity index (χ1n) is 9.37. The third kappa shape index (κ3) is 4.56. The van der Waals surface area contributed by atoms with E-state index in [0.29, 0.717) is 18.2 Å². The van der Waals surface area contributed by atoms with Gasteiger partial charge in [-0.05, 0) is 35.4 Å². The highest BCUT2D eigenvalue weighted by molar-refractivity contribution is 7.16. The first-order valence-corrected chi connectivity index (χ1v) is 10.3. The lowest BCUT2D eigenvalue weighted by molar-refractivity contribution is 0.175. The van der Waals surface area contributed by atoms with Crippen LogP contribution in [0.2, 0.25) is 0 Å². The first kappa shape index (κ1) is 20.8. The minimum atomic E-state index is -1.05. The minimum Gasteiger partial charge on any atom is -0.491 e. The zero-order valence-corrected chi connectivity index (χ0v) is 17.8. The summed E-state index contributed by atoms with van der Waals surface area (Å²) in [6.45, 7) is 12.3. The molecule has 1 unspecified atom stereocenters. The average Bonchev–Trinajstić information content (AvgIpc) is 3.13. The number of fused-ring (bicyclic) bond motifs is 1. The zero-order chi connectivity index (χ0) is 21.2. The third-order valence-corrected chi connectivity index (χ3v) is 5.33. The van der Waals surface area contributed by atoms with Crippen LogP contribution in [0.3, 0.4) is 0 Å². The van der Waals surface area contributed by atoms with Crippen LogP contribution in [-0.4, -0.2) is 27.8 Å². The molecule has 0 radical (unpaired) electrons. The van der Waals surface area contributed by atoms with Crippen LogP contribution in [0.25, 0.3) is 27.2 Å². The molecule has 2 heterocycles. The average molecular weight is 412 g/mol. The van der Waals surface area contributed by atoms with Crippen molar-refractivity contribution < 1.29 is 14.6 Å². The molecule has 3 rings (SSSR count). The van der Waals surface area contributed by atoms with Crippen molar-refractivity contribution in [3.63, 3.8) is 0 Å². The van der Waals surface area contributed by atoms with Crippen LogP contribution in [0.15, 0.2) is 42.3 Å². The molecule has 1 atom stereocenters. The second kappa shape index (κ2) is 8.21. The van der Waals surface area contributed by atoms with E-state index in [1.54, 1.807) is 0 Å². The van der Waals surface area contributed by atoms with Crippen molar-refractivity contribution in [1.82, 2.24) is 15.3 Å².